The van der Waals surface area contributed by atoms with E-state index in [0.717, 1.165) is 0 Å². The van der Waals surface area contributed by atoms with Crippen molar-refractivity contribution in [1.29, 1.82) is 0 Å². The van der Waals surface area contributed by atoms with Crippen molar-refractivity contribution < 1.29 is 8.81 Å². The average Bonchev–Trinajstić information content (AvgIpc) is 2.14. The zero-order chi connectivity index (χ0) is 6.85. The molecule has 0 N–H and O–H groups in total. The monoisotopic (exact) mass is 129 g/mol. The quantitative estimate of drug-likeness (QED) is 0.571. The molecule has 2 nitrogen and oxygen atoms in total. The highest BCUT2D eigenvalue weighted by atomic mass is 19.1. The summed E-state index contributed by atoms with van der Waals surface area (Å²) in [4.78, 5) is 1.70. The summed E-state index contributed by atoms with van der Waals surface area (Å²) in [5.74, 6) is 0.535. The van der Waals surface area contributed by atoms with Crippen LogP contribution in [0.1, 0.15) is 0 Å². The van der Waals surface area contributed by atoms with Crippen molar-refractivity contribution in [3.8, 4) is 0 Å². The van der Waals surface area contributed by atoms with Gasteiger partial charge in [-0.15, -0.1) is 0 Å². The van der Waals surface area contributed by atoms with E-state index in [-0.39, 0.29) is 0 Å². The fourth-order valence-corrected chi connectivity index (χ4v) is 0.545. The molecule has 0 amide bonds. The smallest absolute Gasteiger partial charge is 0.279 e. The fraction of sp³-hybridized carbons (Fsp3) is 0.333. The van der Waals surface area contributed by atoms with Gasteiger partial charge in [0.1, 0.15) is 0 Å². The number of hydrogen-bond donors (Lipinski definition) is 0. The minimum atomic E-state index is -0.543. The standard InChI is InChI=1S/C6H8FNO/c1-8(2)6-4-3-5(7)9-6/h3-4H,1-2H3. The Morgan fingerprint density at radius 2 is 2.11 bits per heavy atom. The van der Waals surface area contributed by atoms with E-state index in [0.29, 0.717) is 5.88 Å². The number of halogens is 1. The lowest BCUT2D eigenvalue weighted by molar-refractivity contribution is 0.363. The molecule has 0 bridgehead atoms. The van der Waals surface area contributed by atoms with Gasteiger partial charge in [0.05, 0.1) is 0 Å². The molecule has 0 fully saturated rings. The molecule has 1 rings (SSSR count). The molecular formula is C6H8FNO. The highest BCUT2D eigenvalue weighted by Crippen LogP contribution is 2.13. The van der Waals surface area contributed by atoms with Gasteiger partial charge in [-0.1, -0.05) is 0 Å². The fourth-order valence-electron chi connectivity index (χ4n) is 0.545. The minimum Gasteiger partial charge on any atom is -0.415 e. The van der Waals surface area contributed by atoms with Gasteiger partial charge in [0.25, 0.3) is 6.01 Å². The lowest BCUT2D eigenvalue weighted by Gasteiger charge is -2.04. The van der Waals surface area contributed by atoms with Crippen LogP contribution in [0, 0.1) is 6.01 Å². The molecule has 1 aromatic heterocycles. The maximum Gasteiger partial charge on any atom is 0.279 e. The summed E-state index contributed by atoms with van der Waals surface area (Å²) in [6.45, 7) is 0. The number of furan rings is 1. The van der Waals surface area contributed by atoms with Crippen LogP contribution in [0.3, 0.4) is 0 Å². The maximum atomic E-state index is 12.1. The molecule has 0 aliphatic heterocycles. The zero-order valence-corrected chi connectivity index (χ0v) is 5.39. The third kappa shape index (κ3) is 1.22. The van der Waals surface area contributed by atoms with Crippen LogP contribution in [0.5, 0.6) is 0 Å². The van der Waals surface area contributed by atoms with E-state index in [1.54, 1.807) is 25.1 Å². The van der Waals surface area contributed by atoms with Gasteiger partial charge >= 0.3 is 0 Å². The molecule has 0 aromatic carbocycles. The molecule has 1 heterocycles. The molecule has 0 aliphatic carbocycles. The minimum absolute atomic E-state index is 0.535. The van der Waals surface area contributed by atoms with Crippen LogP contribution in [-0.2, 0) is 0 Å². The summed E-state index contributed by atoms with van der Waals surface area (Å²) in [6, 6.07) is 2.32. The van der Waals surface area contributed by atoms with E-state index < -0.39 is 6.01 Å². The molecule has 0 saturated carbocycles. The summed E-state index contributed by atoms with van der Waals surface area (Å²) >= 11 is 0. The molecule has 50 valence electrons. The lowest BCUT2D eigenvalue weighted by Crippen LogP contribution is -2.06. The van der Waals surface area contributed by atoms with Gasteiger partial charge in [0.2, 0.25) is 0 Å². The largest absolute Gasteiger partial charge is 0.415 e. The van der Waals surface area contributed by atoms with Crippen LogP contribution in [0.4, 0.5) is 10.3 Å². The molecule has 0 spiro atoms. The predicted molar refractivity (Wildman–Crippen MR) is 33.0 cm³/mol. The molecule has 0 atom stereocenters. The van der Waals surface area contributed by atoms with Gasteiger partial charge in [0.15, 0.2) is 5.88 Å². The first-order chi connectivity index (χ1) is 4.20. The van der Waals surface area contributed by atoms with Crippen molar-refractivity contribution >= 4 is 5.88 Å². The van der Waals surface area contributed by atoms with Crippen LogP contribution < -0.4 is 4.90 Å². The Morgan fingerprint density at radius 1 is 1.44 bits per heavy atom. The normalized spacial score (nSPS) is 9.67. The number of hydrogen-bond acceptors (Lipinski definition) is 2. The molecule has 0 unspecified atom stereocenters. The Morgan fingerprint density at radius 3 is 2.33 bits per heavy atom. The van der Waals surface area contributed by atoms with E-state index in [9.17, 15) is 4.39 Å². The van der Waals surface area contributed by atoms with Crippen LogP contribution in [0.15, 0.2) is 16.5 Å². The number of nitrogens with zero attached hydrogens (tertiary/aromatic N) is 1. The van der Waals surface area contributed by atoms with E-state index in [4.69, 9.17) is 0 Å². The van der Waals surface area contributed by atoms with Gasteiger partial charge in [-0.05, 0) is 0 Å². The van der Waals surface area contributed by atoms with Crippen LogP contribution in [0.25, 0.3) is 0 Å². The first-order valence-corrected chi connectivity index (χ1v) is 2.63. The number of anilines is 1. The van der Waals surface area contributed by atoms with Gasteiger partial charge in [-0.2, -0.15) is 4.39 Å². The SMILES string of the molecule is CN(C)c1ccc(F)o1. The van der Waals surface area contributed by atoms with Crippen LogP contribution >= 0.6 is 0 Å². The second kappa shape index (κ2) is 2.09. The molecule has 9 heavy (non-hydrogen) atoms. The highest BCUT2D eigenvalue weighted by Gasteiger charge is 1.99. The Bertz CT molecular complexity index is 195. The van der Waals surface area contributed by atoms with Gasteiger partial charge < -0.3 is 9.32 Å². The molecule has 0 saturated heterocycles. The first-order valence-electron chi connectivity index (χ1n) is 2.63. The van der Waals surface area contributed by atoms with Crippen LogP contribution in [0.2, 0.25) is 0 Å². The Kier molecular flexibility index (Phi) is 1.42. The third-order valence-electron chi connectivity index (χ3n) is 1.000. The molecule has 0 radical (unpaired) electrons. The summed E-state index contributed by atoms with van der Waals surface area (Å²) in [6.07, 6.45) is 0. The summed E-state index contributed by atoms with van der Waals surface area (Å²) in [5, 5.41) is 0. The summed E-state index contributed by atoms with van der Waals surface area (Å²) < 4.78 is 16.7. The second-order valence-electron chi connectivity index (χ2n) is 1.97. The first kappa shape index (κ1) is 6.13. The Balaban J connectivity index is 2.85. The summed E-state index contributed by atoms with van der Waals surface area (Å²) in [7, 11) is 3.58. The zero-order valence-electron chi connectivity index (χ0n) is 5.39. The topological polar surface area (TPSA) is 16.4 Å². The average molecular weight is 129 g/mol. The Labute approximate surface area is 52.9 Å². The van der Waals surface area contributed by atoms with Gasteiger partial charge in [0, 0.05) is 26.2 Å². The predicted octanol–water partition coefficient (Wildman–Crippen LogP) is 1.48. The molecule has 3 heteroatoms. The Hall–Kier alpha value is -0.990. The van der Waals surface area contributed by atoms with Gasteiger partial charge in [-0.25, -0.2) is 0 Å². The molecule has 0 aliphatic rings. The molecular weight excluding hydrogens is 121 g/mol. The van der Waals surface area contributed by atoms with E-state index in [1.807, 2.05) is 0 Å². The lowest BCUT2D eigenvalue weighted by atomic mass is 10.6. The molecule has 1 aromatic rings. The van der Waals surface area contributed by atoms with E-state index in [2.05, 4.69) is 4.42 Å². The third-order valence-corrected chi connectivity index (χ3v) is 1.000. The summed E-state index contributed by atoms with van der Waals surface area (Å²) in [5.41, 5.74) is 0. The van der Waals surface area contributed by atoms with Crippen LogP contribution in [-0.4, -0.2) is 14.1 Å². The van der Waals surface area contributed by atoms with Crippen molar-refractivity contribution in [2.75, 3.05) is 19.0 Å². The highest BCUT2D eigenvalue weighted by molar-refractivity contribution is 5.31. The van der Waals surface area contributed by atoms with Crippen molar-refractivity contribution in [2.24, 2.45) is 0 Å². The van der Waals surface area contributed by atoms with E-state index >= 15 is 0 Å². The van der Waals surface area contributed by atoms with Gasteiger partial charge in [-0.3, -0.25) is 0 Å². The second-order valence-corrected chi connectivity index (χ2v) is 1.97. The van der Waals surface area contributed by atoms with E-state index in [1.165, 1.54) is 6.07 Å². The van der Waals surface area contributed by atoms with Crippen molar-refractivity contribution in [1.82, 2.24) is 0 Å². The van der Waals surface area contributed by atoms with Crippen molar-refractivity contribution in [2.45, 2.75) is 0 Å². The number of rotatable bonds is 1. The van der Waals surface area contributed by atoms with Crippen molar-refractivity contribution in [3.05, 3.63) is 18.1 Å². The van der Waals surface area contributed by atoms with Crippen molar-refractivity contribution in [3.63, 3.8) is 0 Å². The maximum absolute atomic E-state index is 12.1.